The summed E-state index contributed by atoms with van der Waals surface area (Å²) in [5.41, 5.74) is 2.39. The number of hydrogen-bond donors (Lipinski definition) is 0. The van der Waals surface area contributed by atoms with Gasteiger partial charge in [-0.15, -0.1) is 0 Å². The molecule has 0 fully saturated rings. The molecule has 150 valence electrons. The molecule has 0 radical (unpaired) electrons. The molecule has 1 aliphatic heterocycles. The van der Waals surface area contributed by atoms with Gasteiger partial charge in [0.25, 0.3) is 5.56 Å². The highest BCUT2D eigenvalue weighted by Crippen LogP contribution is 2.36. The summed E-state index contributed by atoms with van der Waals surface area (Å²) in [5, 5.41) is 1.30. The third-order valence-corrected chi connectivity index (χ3v) is 5.03. The third-order valence-electron chi connectivity index (χ3n) is 4.91. The summed E-state index contributed by atoms with van der Waals surface area (Å²) in [6.07, 6.45) is 2.61. The van der Waals surface area contributed by atoms with Crippen molar-refractivity contribution in [1.82, 2.24) is 14.5 Å². The summed E-state index contributed by atoms with van der Waals surface area (Å²) in [6.45, 7) is 5.48. The molecule has 7 heteroatoms. The normalized spacial score (nSPS) is 12.7. The van der Waals surface area contributed by atoms with Crippen LogP contribution in [0.15, 0.2) is 59.0 Å². The van der Waals surface area contributed by atoms with Crippen molar-refractivity contribution in [3.05, 3.63) is 75.8 Å². The number of fused-ring (bicyclic) bond motifs is 2. The molecule has 0 bridgehead atoms. The van der Waals surface area contributed by atoms with Gasteiger partial charge in [0.1, 0.15) is 0 Å². The molecule has 0 atom stereocenters. The maximum Gasteiger partial charge on any atom is 0.255 e. The van der Waals surface area contributed by atoms with E-state index in [4.69, 9.17) is 21.1 Å². The van der Waals surface area contributed by atoms with E-state index in [1.54, 1.807) is 10.8 Å². The minimum atomic E-state index is -0.0807. The van der Waals surface area contributed by atoms with Crippen LogP contribution < -0.4 is 15.0 Å². The van der Waals surface area contributed by atoms with Crippen LogP contribution >= 0.6 is 11.6 Å². The van der Waals surface area contributed by atoms with E-state index in [0.717, 1.165) is 29.6 Å². The largest absolute Gasteiger partial charge is 0.454 e. The van der Waals surface area contributed by atoms with Crippen LogP contribution in [-0.4, -0.2) is 34.8 Å². The number of likely N-dealkylation sites (N-methyl/N-ethyl adjacent to an activating group) is 1. The van der Waals surface area contributed by atoms with Crippen LogP contribution in [0.25, 0.3) is 10.9 Å². The quantitative estimate of drug-likeness (QED) is 0.595. The fourth-order valence-electron chi connectivity index (χ4n) is 3.49. The van der Waals surface area contributed by atoms with E-state index >= 15 is 0 Å². The molecule has 29 heavy (non-hydrogen) atoms. The molecule has 0 N–H and O–H groups in total. The summed E-state index contributed by atoms with van der Waals surface area (Å²) >= 11 is 6.05. The van der Waals surface area contributed by atoms with Crippen molar-refractivity contribution in [3.8, 4) is 11.5 Å². The van der Waals surface area contributed by atoms with Gasteiger partial charge in [-0.3, -0.25) is 9.78 Å². The lowest BCUT2D eigenvalue weighted by Gasteiger charge is -2.18. The Labute approximate surface area is 173 Å². The highest BCUT2D eigenvalue weighted by atomic mass is 35.5. The Balaban J connectivity index is 1.64. The minimum absolute atomic E-state index is 0.0807. The van der Waals surface area contributed by atoms with E-state index in [1.165, 1.54) is 0 Å². The van der Waals surface area contributed by atoms with Crippen LogP contribution in [0.1, 0.15) is 11.3 Å². The van der Waals surface area contributed by atoms with Gasteiger partial charge in [0.15, 0.2) is 11.5 Å². The Kier molecular flexibility index (Phi) is 5.56. The predicted octanol–water partition coefficient (Wildman–Crippen LogP) is 3.55. The first-order valence-corrected chi connectivity index (χ1v) is 9.77. The van der Waals surface area contributed by atoms with Gasteiger partial charge in [0.2, 0.25) is 6.79 Å². The number of allylic oxidation sites excluding steroid dienone is 1. The fraction of sp³-hybridized carbons (Fsp3) is 0.273. The van der Waals surface area contributed by atoms with E-state index in [-0.39, 0.29) is 18.9 Å². The standard InChI is InChI=1S/C22H22ClN3O3/c1-15(23)12-26-19-11-21-20(28-14-29-21)10-16(19)9-17(22(26)27)13-25(2)8-6-18-5-3-4-7-24-18/h3-5,7,9-11H,1,6,8,12-14H2,2H3. The maximum atomic E-state index is 13.2. The smallest absolute Gasteiger partial charge is 0.255 e. The summed E-state index contributed by atoms with van der Waals surface area (Å²) in [7, 11) is 2.00. The first-order valence-electron chi connectivity index (χ1n) is 9.39. The van der Waals surface area contributed by atoms with Gasteiger partial charge in [0.05, 0.1) is 12.1 Å². The van der Waals surface area contributed by atoms with Crippen molar-refractivity contribution in [2.75, 3.05) is 20.4 Å². The molecule has 0 aliphatic carbocycles. The van der Waals surface area contributed by atoms with Crippen molar-refractivity contribution >= 4 is 22.5 Å². The molecule has 0 spiro atoms. The summed E-state index contributed by atoms with van der Waals surface area (Å²) < 4.78 is 12.6. The highest BCUT2D eigenvalue weighted by molar-refractivity contribution is 6.29. The molecule has 2 aromatic heterocycles. The first kappa shape index (κ1) is 19.5. The Bertz CT molecular complexity index is 1110. The Morgan fingerprint density at radius 2 is 2.07 bits per heavy atom. The summed E-state index contributed by atoms with van der Waals surface area (Å²) in [6, 6.07) is 11.5. The van der Waals surface area contributed by atoms with E-state index in [2.05, 4.69) is 16.5 Å². The Morgan fingerprint density at radius 1 is 1.28 bits per heavy atom. The molecule has 3 aromatic rings. The minimum Gasteiger partial charge on any atom is -0.454 e. The van der Waals surface area contributed by atoms with Crippen molar-refractivity contribution < 1.29 is 9.47 Å². The van der Waals surface area contributed by atoms with Crippen LogP contribution in [0.5, 0.6) is 11.5 Å². The number of hydrogen-bond acceptors (Lipinski definition) is 5. The number of benzene rings is 1. The zero-order chi connectivity index (χ0) is 20.4. The molecular weight excluding hydrogens is 390 g/mol. The van der Waals surface area contributed by atoms with Crippen LogP contribution in [-0.2, 0) is 19.5 Å². The van der Waals surface area contributed by atoms with Crippen molar-refractivity contribution in [1.29, 1.82) is 0 Å². The Morgan fingerprint density at radius 3 is 2.79 bits per heavy atom. The second-order valence-corrected chi connectivity index (χ2v) is 7.69. The lowest BCUT2D eigenvalue weighted by molar-refractivity contribution is 0.174. The van der Waals surface area contributed by atoms with Crippen LogP contribution in [0.2, 0.25) is 0 Å². The second kappa shape index (κ2) is 8.27. The number of rotatable bonds is 7. The molecule has 6 nitrogen and oxygen atoms in total. The predicted molar refractivity (Wildman–Crippen MR) is 114 cm³/mol. The van der Waals surface area contributed by atoms with E-state index in [1.807, 2.05) is 43.4 Å². The molecule has 0 saturated heterocycles. The molecule has 1 aromatic carbocycles. The number of nitrogens with zero attached hydrogens (tertiary/aromatic N) is 3. The van der Waals surface area contributed by atoms with Crippen LogP contribution in [0.4, 0.5) is 0 Å². The van der Waals surface area contributed by atoms with Crippen LogP contribution in [0.3, 0.4) is 0 Å². The van der Waals surface area contributed by atoms with Gasteiger partial charge in [-0.1, -0.05) is 24.2 Å². The summed E-state index contributed by atoms with van der Waals surface area (Å²) in [4.78, 5) is 19.6. The van der Waals surface area contributed by atoms with E-state index in [0.29, 0.717) is 28.6 Å². The number of aromatic nitrogens is 2. The molecule has 0 amide bonds. The number of ether oxygens (including phenoxy) is 2. The van der Waals surface area contributed by atoms with Crippen molar-refractivity contribution in [3.63, 3.8) is 0 Å². The van der Waals surface area contributed by atoms with Gasteiger partial charge in [-0.25, -0.2) is 0 Å². The van der Waals surface area contributed by atoms with Crippen molar-refractivity contribution in [2.24, 2.45) is 0 Å². The zero-order valence-electron chi connectivity index (χ0n) is 16.2. The summed E-state index contributed by atoms with van der Waals surface area (Å²) in [5.74, 6) is 1.31. The second-order valence-electron chi connectivity index (χ2n) is 7.15. The average molecular weight is 412 g/mol. The highest BCUT2D eigenvalue weighted by Gasteiger charge is 2.18. The first-order chi connectivity index (χ1) is 14.0. The third kappa shape index (κ3) is 4.28. The molecule has 3 heterocycles. The Hall–Kier alpha value is -2.83. The SMILES string of the molecule is C=C(Cl)Cn1c(=O)c(CN(C)CCc2ccccn2)cc2cc3c(cc21)OCO3. The number of halogens is 1. The van der Waals surface area contributed by atoms with Gasteiger partial charge < -0.3 is 18.9 Å². The van der Waals surface area contributed by atoms with E-state index < -0.39 is 0 Å². The molecule has 4 rings (SSSR count). The van der Waals surface area contributed by atoms with Gasteiger partial charge in [-0.2, -0.15) is 0 Å². The zero-order valence-corrected chi connectivity index (χ0v) is 17.0. The van der Waals surface area contributed by atoms with Crippen LogP contribution in [0, 0.1) is 0 Å². The topological polar surface area (TPSA) is 56.6 Å². The molecular formula is C22H22ClN3O3. The van der Waals surface area contributed by atoms with Gasteiger partial charge in [0, 0.05) is 53.4 Å². The van der Waals surface area contributed by atoms with E-state index in [9.17, 15) is 4.79 Å². The fourth-order valence-corrected chi connectivity index (χ4v) is 3.61. The monoisotopic (exact) mass is 411 g/mol. The maximum absolute atomic E-state index is 13.2. The lowest BCUT2D eigenvalue weighted by atomic mass is 10.1. The average Bonchev–Trinajstić information content (AvgIpc) is 3.16. The van der Waals surface area contributed by atoms with Gasteiger partial charge >= 0.3 is 0 Å². The van der Waals surface area contributed by atoms with Gasteiger partial charge in [-0.05, 0) is 31.3 Å². The molecule has 0 unspecified atom stereocenters. The molecule has 1 aliphatic rings. The number of pyridine rings is 2. The lowest BCUT2D eigenvalue weighted by Crippen LogP contribution is -2.29. The van der Waals surface area contributed by atoms with Crippen molar-refractivity contribution in [2.45, 2.75) is 19.5 Å². The molecule has 0 saturated carbocycles.